The Morgan fingerprint density at radius 3 is 2.46 bits per heavy atom. The number of aromatic amines is 1. The van der Waals surface area contributed by atoms with Gasteiger partial charge in [-0.1, -0.05) is 36.4 Å². The van der Waals surface area contributed by atoms with E-state index in [4.69, 9.17) is 0 Å². The number of halogens is 1. The van der Waals surface area contributed by atoms with Gasteiger partial charge in [0, 0.05) is 61.9 Å². The number of nitrogens with zero attached hydrogens (tertiary/aromatic N) is 3. The Morgan fingerprint density at radius 1 is 1.00 bits per heavy atom. The average Bonchev–Trinajstić information content (AvgIpc) is 2.88. The van der Waals surface area contributed by atoms with Gasteiger partial charge in [0.25, 0.3) is 5.56 Å². The van der Waals surface area contributed by atoms with E-state index < -0.39 is 0 Å². The fourth-order valence-corrected chi connectivity index (χ4v) is 6.06. The van der Waals surface area contributed by atoms with Crippen LogP contribution in [0.1, 0.15) is 64.4 Å². The second-order valence-corrected chi connectivity index (χ2v) is 10.3. The van der Waals surface area contributed by atoms with E-state index in [0.717, 1.165) is 74.4 Å². The molecule has 1 saturated heterocycles. The third-order valence-electron chi connectivity index (χ3n) is 8.00. The van der Waals surface area contributed by atoms with Crippen LogP contribution >= 0.6 is 0 Å². The maximum absolute atomic E-state index is 13.8. The van der Waals surface area contributed by atoms with E-state index in [1.807, 2.05) is 12.1 Å². The predicted molar refractivity (Wildman–Crippen MR) is 134 cm³/mol. The van der Waals surface area contributed by atoms with Gasteiger partial charge in [-0.2, -0.15) is 5.10 Å². The smallest absolute Gasteiger partial charge is 0.267 e. The summed E-state index contributed by atoms with van der Waals surface area (Å²) in [6, 6.07) is 15.7. The van der Waals surface area contributed by atoms with E-state index in [2.05, 4.69) is 56.6 Å². The van der Waals surface area contributed by atoms with Gasteiger partial charge >= 0.3 is 0 Å². The van der Waals surface area contributed by atoms with Crippen molar-refractivity contribution in [2.24, 2.45) is 0 Å². The molecule has 6 rings (SSSR count). The average molecular weight is 474 g/mol. The highest BCUT2D eigenvalue weighted by Crippen LogP contribution is 2.47. The van der Waals surface area contributed by atoms with Gasteiger partial charge in [0.15, 0.2) is 0 Å². The van der Waals surface area contributed by atoms with Crippen LogP contribution in [0.3, 0.4) is 0 Å². The molecular formula is C28H32FN5O. The molecule has 6 nitrogen and oxygen atoms in total. The fraction of sp³-hybridized carbons (Fsp3) is 0.429. The Bertz CT molecular complexity index is 1250. The minimum atomic E-state index is -0.253. The molecule has 0 spiro atoms. The van der Waals surface area contributed by atoms with Gasteiger partial charge < -0.3 is 10.2 Å². The van der Waals surface area contributed by atoms with Crippen molar-refractivity contribution in [1.82, 2.24) is 25.3 Å². The van der Waals surface area contributed by atoms with Crippen LogP contribution in [0.15, 0.2) is 53.3 Å². The zero-order valence-corrected chi connectivity index (χ0v) is 20.1. The molecule has 0 saturated carbocycles. The number of rotatable bonds is 4. The minimum absolute atomic E-state index is 0.0139. The van der Waals surface area contributed by atoms with Crippen LogP contribution in [0.5, 0.6) is 0 Å². The molecule has 1 unspecified atom stereocenters. The molecule has 2 aliphatic heterocycles. The molecule has 35 heavy (non-hydrogen) atoms. The quantitative estimate of drug-likeness (QED) is 0.607. The molecule has 3 aromatic rings. The lowest BCUT2D eigenvalue weighted by Crippen LogP contribution is -2.43. The maximum atomic E-state index is 13.8. The number of nitrogens with one attached hydrogen (secondary N) is 2. The van der Waals surface area contributed by atoms with Crippen molar-refractivity contribution in [2.75, 3.05) is 33.2 Å². The van der Waals surface area contributed by atoms with Crippen LogP contribution in [0.25, 0.3) is 0 Å². The maximum Gasteiger partial charge on any atom is 0.267 e. The molecule has 1 aromatic heterocycles. The lowest BCUT2D eigenvalue weighted by atomic mass is 9.74. The van der Waals surface area contributed by atoms with E-state index in [1.54, 1.807) is 0 Å². The first-order chi connectivity index (χ1) is 17.1. The molecule has 3 heterocycles. The van der Waals surface area contributed by atoms with Gasteiger partial charge in [-0.25, -0.2) is 9.49 Å². The summed E-state index contributed by atoms with van der Waals surface area (Å²) in [6.07, 6.45) is 2.74. The van der Waals surface area contributed by atoms with E-state index in [9.17, 15) is 9.18 Å². The van der Waals surface area contributed by atoms with E-state index >= 15 is 0 Å². The van der Waals surface area contributed by atoms with Crippen LogP contribution in [-0.2, 0) is 13.0 Å². The molecule has 182 valence electrons. The van der Waals surface area contributed by atoms with Gasteiger partial charge in [0.1, 0.15) is 5.82 Å². The summed E-state index contributed by atoms with van der Waals surface area (Å²) >= 11 is 0. The first kappa shape index (κ1) is 22.6. The Kier molecular flexibility index (Phi) is 6.00. The minimum Gasteiger partial charge on any atom is -0.304 e. The monoisotopic (exact) mass is 473 g/mol. The largest absolute Gasteiger partial charge is 0.304 e. The van der Waals surface area contributed by atoms with Gasteiger partial charge in [-0.15, -0.1) is 0 Å². The molecule has 2 N–H and O–H groups in total. The summed E-state index contributed by atoms with van der Waals surface area (Å²) in [7, 11) is 2.18. The van der Waals surface area contributed by atoms with Crippen LogP contribution in [0.2, 0.25) is 0 Å². The molecule has 2 aromatic carbocycles. The highest BCUT2D eigenvalue weighted by atomic mass is 19.1. The predicted octanol–water partition coefficient (Wildman–Crippen LogP) is 3.51. The van der Waals surface area contributed by atoms with E-state index in [0.29, 0.717) is 0 Å². The molecule has 1 aliphatic carbocycles. The van der Waals surface area contributed by atoms with E-state index in [1.165, 1.54) is 23.3 Å². The molecule has 1 fully saturated rings. The number of benzene rings is 2. The van der Waals surface area contributed by atoms with Crippen LogP contribution in [0.4, 0.5) is 4.39 Å². The summed E-state index contributed by atoms with van der Waals surface area (Å²) < 4.78 is 13.8. The molecule has 3 aliphatic rings. The number of likely N-dealkylation sites (N-methyl/N-ethyl adjacent to an activating group) is 1. The van der Waals surface area contributed by atoms with Crippen molar-refractivity contribution < 1.29 is 4.39 Å². The second-order valence-electron chi connectivity index (χ2n) is 10.3. The first-order valence-corrected chi connectivity index (χ1v) is 12.7. The zero-order valence-electron chi connectivity index (χ0n) is 20.1. The number of aromatic nitrogens is 2. The second kappa shape index (κ2) is 9.30. The zero-order chi connectivity index (χ0) is 23.9. The van der Waals surface area contributed by atoms with E-state index in [-0.39, 0.29) is 29.4 Å². The number of piperazine rings is 1. The van der Waals surface area contributed by atoms with Gasteiger partial charge in [-0.3, -0.25) is 9.69 Å². The summed E-state index contributed by atoms with van der Waals surface area (Å²) in [4.78, 5) is 17.4. The highest BCUT2D eigenvalue weighted by Gasteiger charge is 2.40. The molecule has 0 amide bonds. The summed E-state index contributed by atoms with van der Waals surface area (Å²) in [5.41, 5.74) is 6.24. The molecule has 0 bridgehead atoms. The van der Waals surface area contributed by atoms with Crippen molar-refractivity contribution in [3.63, 3.8) is 0 Å². The Balaban J connectivity index is 1.35. The Labute approximate surface area is 205 Å². The molecule has 7 heteroatoms. The topological polar surface area (TPSA) is 64.3 Å². The highest BCUT2D eigenvalue weighted by molar-refractivity contribution is 5.46. The van der Waals surface area contributed by atoms with Crippen LogP contribution in [0, 0.1) is 5.82 Å². The molecule has 3 atom stereocenters. The number of hydrogen-bond acceptors (Lipinski definition) is 5. The standard InChI is InChI=1S/C28H32FN5O/c1-33-13-15-34(16-14-33)17-18-5-7-20(8-6-18)26-24(19-9-11-21(29)12-10-19)27-25-22(28(35)32-31-27)3-2-4-23(25)30-26/h5-12,23-24,26,30H,2-4,13-17H2,1H3,(H,32,35)/t23?,24-,26-/m1/s1. The van der Waals surface area contributed by atoms with Crippen molar-refractivity contribution in [2.45, 2.75) is 43.8 Å². The van der Waals surface area contributed by atoms with Gasteiger partial charge in [0.05, 0.1) is 5.69 Å². The molecule has 0 radical (unpaired) electrons. The van der Waals surface area contributed by atoms with Gasteiger partial charge in [-0.05, 0) is 55.1 Å². The summed E-state index contributed by atoms with van der Waals surface area (Å²) in [5, 5.41) is 11.2. The Hall–Kier alpha value is -2.87. The first-order valence-electron chi connectivity index (χ1n) is 12.7. The third kappa shape index (κ3) is 4.33. The normalized spacial score (nSPS) is 24.8. The Morgan fingerprint density at radius 2 is 1.71 bits per heavy atom. The lowest BCUT2D eigenvalue weighted by Gasteiger charge is -2.41. The summed E-state index contributed by atoms with van der Waals surface area (Å²) in [5.74, 6) is -0.365. The lowest BCUT2D eigenvalue weighted by molar-refractivity contribution is 0.148. The molecular weight excluding hydrogens is 441 g/mol. The van der Waals surface area contributed by atoms with Crippen molar-refractivity contribution >= 4 is 0 Å². The van der Waals surface area contributed by atoms with Crippen LogP contribution in [-0.4, -0.2) is 53.2 Å². The van der Waals surface area contributed by atoms with Gasteiger partial charge in [0.2, 0.25) is 0 Å². The SMILES string of the molecule is CN1CCN(Cc2ccc([C@H]3NC4CCCc5c4c(n[nH]c5=O)[C@@H]3c3ccc(F)cc3)cc2)CC1. The summed E-state index contributed by atoms with van der Waals surface area (Å²) in [6.45, 7) is 5.38. The van der Waals surface area contributed by atoms with Crippen molar-refractivity contribution in [3.05, 3.63) is 98.2 Å². The third-order valence-corrected chi connectivity index (χ3v) is 8.00. The van der Waals surface area contributed by atoms with Crippen molar-refractivity contribution in [3.8, 4) is 0 Å². The van der Waals surface area contributed by atoms with Crippen molar-refractivity contribution in [1.29, 1.82) is 0 Å². The number of hydrogen-bond donors (Lipinski definition) is 2. The van der Waals surface area contributed by atoms with Crippen LogP contribution < -0.4 is 10.9 Å². The fourth-order valence-electron chi connectivity index (χ4n) is 6.06. The number of H-pyrrole nitrogens is 1.